The van der Waals surface area contributed by atoms with Crippen LogP contribution in [0.4, 0.5) is 0 Å². The molecule has 116 valence electrons. The number of aliphatic carboxylic acids is 1. The van der Waals surface area contributed by atoms with Crippen molar-refractivity contribution in [1.29, 1.82) is 0 Å². The average molecular weight is 318 g/mol. The van der Waals surface area contributed by atoms with Crippen molar-refractivity contribution in [2.75, 3.05) is 6.54 Å². The third kappa shape index (κ3) is 3.71. The fraction of sp³-hybridized carbons (Fsp3) is 0.312. The number of carboxylic acids is 1. The Hall–Kier alpha value is -2.21. The van der Waals surface area contributed by atoms with Crippen LogP contribution in [0.1, 0.15) is 30.8 Å². The number of hydrogen-bond donors (Lipinski definition) is 1. The minimum Gasteiger partial charge on any atom is -0.480 e. The van der Waals surface area contributed by atoms with Gasteiger partial charge < -0.3 is 10.0 Å². The van der Waals surface area contributed by atoms with Crippen LogP contribution in [-0.4, -0.2) is 39.5 Å². The molecular formula is C16H18N2O3S. The standard InChI is InChI=1S/C16H18N2O3S/c1-3-11(2)18(9-14(19)20)16(21)13-10-22-15(17-13)12-7-5-4-6-8-12/h4-8,10-11H,3,9H2,1-2H3,(H,19,20). The number of aromatic nitrogens is 1. The van der Waals surface area contributed by atoms with Crippen molar-refractivity contribution in [1.82, 2.24) is 9.88 Å². The summed E-state index contributed by atoms with van der Waals surface area (Å²) in [6, 6.07) is 9.45. The van der Waals surface area contributed by atoms with Gasteiger partial charge in [-0.25, -0.2) is 4.98 Å². The van der Waals surface area contributed by atoms with E-state index in [1.54, 1.807) is 5.38 Å². The third-order valence-corrected chi connectivity index (χ3v) is 4.32. The molecule has 2 aromatic rings. The smallest absolute Gasteiger partial charge is 0.323 e. The fourth-order valence-corrected chi connectivity index (χ4v) is 2.83. The molecule has 0 spiro atoms. The molecule has 1 aromatic heterocycles. The summed E-state index contributed by atoms with van der Waals surface area (Å²) in [4.78, 5) is 29.2. The summed E-state index contributed by atoms with van der Waals surface area (Å²) in [7, 11) is 0. The van der Waals surface area contributed by atoms with Gasteiger partial charge in [0.1, 0.15) is 17.2 Å². The normalized spacial score (nSPS) is 11.9. The van der Waals surface area contributed by atoms with Crippen LogP contribution in [0.2, 0.25) is 0 Å². The zero-order chi connectivity index (χ0) is 16.1. The molecular weight excluding hydrogens is 300 g/mol. The van der Waals surface area contributed by atoms with Gasteiger partial charge in [0.05, 0.1) is 0 Å². The van der Waals surface area contributed by atoms with Crippen molar-refractivity contribution in [3.8, 4) is 10.6 Å². The van der Waals surface area contributed by atoms with Crippen molar-refractivity contribution in [3.63, 3.8) is 0 Å². The van der Waals surface area contributed by atoms with E-state index in [1.165, 1.54) is 16.2 Å². The van der Waals surface area contributed by atoms with Crippen LogP contribution >= 0.6 is 11.3 Å². The van der Waals surface area contributed by atoms with Gasteiger partial charge in [0.15, 0.2) is 0 Å². The molecule has 0 saturated heterocycles. The zero-order valence-corrected chi connectivity index (χ0v) is 13.3. The van der Waals surface area contributed by atoms with Crippen molar-refractivity contribution >= 4 is 23.2 Å². The lowest BCUT2D eigenvalue weighted by Crippen LogP contribution is -2.42. The van der Waals surface area contributed by atoms with Crippen LogP contribution in [0, 0.1) is 0 Å². The van der Waals surface area contributed by atoms with Crippen LogP contribution in [0.15, 0.2) is 35.7 Å². The molecule has 0 bridgehead atoms. The number of carbonyl (C=O) groups is 2. The van der Waals surface area contributed by atoms with Crippen LogP contribution in [0.25, 0.3) is 10.6 Å². The Morgan fingerprint density at radius 1 is 1.32 bits per heavy atom. The highest BCUT2D eigenvalue weighted by atomic mass is 32.1. The Morgan fingerprint density at radius 3 is 2.59 bits per heavy atom. The van der Waals surface area contributed by atoms with Crippen molar-refractivity contribution in [2.45, 2.75) is 26.3 Å². The molecule has 0 fully saturated rings. The van der Waals surface area contributed by atoms with Crippen LogP contribution in [0.3, 0.4) is 0 Å². The first-order valence-corrected chi connectivity index (χ1v) is 7.94. The van der Waals surface area contributed by atoms with Crippen molar-refractivity contribution in [2.24, 2.45) is 0 Å². The lowest BCUT2D eigenvalue weighted by Gasteiger charge is -2.26. The van der Waals surface area contributed by atoms with Gasteiger partial charge in [0, 0.05) is 17.0 Å². The van der Waals surface area contributed by atoms with E-state index >= 15 is 0 Å². The number of carbonyl (C=O) groups excluding carboxylic acids is 1. The number of rotatable bonds is 6. The maximum absolute atomic E-state index is 12.5. The molecule has 6 heteroatoms. The number of thiazole rings is 1. The Balaban J connectivity index is 2.24. The molecule has 1 amide bonds. The molecule has 2 rings (SSSR count). The topological polar surface area (TPSA) is 70.5 Å². The van der Waals surface area contributed by atoms with Gasteiger partial charge in [-0.1, -0.05) is 37.3 Å². The van der Waals surface area contributed by atoms with Gasteiger partial charge >= 0.3 is 5.97 Å². The van der Waals surface area contributed by atoms with E-state index in [9.17, 15) is 9.59 Å². The van der Waals surface area contributed by atoms with Crippen LogP contribution < -0.4 is 0 Å². The van der Waals surface area contributed by atoms with Gasteiger partial charge in [-0.2, -0.15) is 0 Å². The Kier molecular flexibility index (Phi) is 5.27. The van der Waals surface area contributed by atoms with Gasteiger partial charge in [0.25, 0.3) is 5.91 Å². The number of hydrogen-bond acceptors (Lipinski definition) is 4. The highest BCUT2D eigenvalue weighted by Crippen LogP contribution is 2.24. The molecule has 0 aliphatic heterocycles. The lowest BCUT2D eigenvalue weighted by molar-refractivity contribution is -0.138. The summed E-state index contributed by atoms with van der Waals surface area (Å²) in [5, 5.41) is 11.4. The van der Waals surface area contributed by atoms with Crippen LogP contribution in [-0.2, 0) is 4.79 Å². The average Bonchev–Trinajstić information content (AvgIpc) is 3.02. The molecule has 1 heterocycles. The van der Waals surface area contributed by atoms with Gasteiger partial charge in [-0.15, -0.1) is 11.3 Å². The minimum atomic E-state index is -1.02. The number of carboxylic acid groups (broad SMARTS) is 1. The zero-order valence-electron chi connectivity index (χ0n) is 12.5. The van der Waals surface area contributed by atoms with Gasteiger partial charge in [-0.3, -0.25) is 9.59 Å². The predicted octanol–water partition coefficient (Wildman–Crippen LogP) is 3.14. The quantitative estimate of drug-likeness (QED) is 0.888. The maximum atomic E-state index is 12.5. The first-order valence-electron chi connectivity index (χ1n) is 7.06. The van der Waals surface area contributed by atoms with E-state index in [0.29, 0.717) is 12.1 Å². The second kappa shape index (κ2) is 7.17. The van der Waals surface area contributed by atoms with Crippen LogP contribution in [0.5, 0.6) is 0 Å². The number of nitrogens with zero attached hydrogens (tertiary/aromatic N) is 2. The number of benzene rings is 1. The van der Waals surface area contributed by atoms with E-state index in [0.717, 1.165) is 10.6 Å². The largest absolute Gasteiger partial charge is 0.480 e. The molecule has 1 aromatic carbocycles. The Labute approximate surface area is 133 Å². The van der Waals surface area contributed by atoms with Gasteiger partial charge in [0.2, 0.25) is 0 Å². The fourth-order valence-electron chi connectivity index (χ4n) is 2.03. The second-order valence-corrected chi connectivity index (χ2v) is 5.85. The summed E-state index contributed by atoms with van der Waals surface area (Å²) in [6.45, 7) is 3.45. The Bertz CT molecular complexity index is 654. The first-order chi connectivity index (χ1) is 10.5. The SMILES string of the molecule is CCC(C)N(CC(=O)O)C(=O)c1csc(-c2ccccc2)n1. The van der Waals surface area contributed by atoms with Crippen molar-refractivity contribution < 1.29 is 14.7 Å². The highest BCUT2D eigenvalue weighted by molar-refractivity contribution is 7.13. The minimum absolute atomic E-state index is 0.148. The lowest BCUT2D eigenvalue weighted by atomic mass is 10.2. The molecule has 1 atom stereocenters. The summed E-state index contributed by atoms with van der Waals surface area (Å²) in [5.74, 6) is -1.36. The summed E-state index contributed by atoms with van der Waals surface area (Å²) in [5.41, 5.74) is 1.24. The number of amides is 1. The molecule has 0 aliphatic rings. The predicted molar refractivity (Wildman–Crippen MR) is 86.0 cm³/mol. The van der Waals surface area contributed by atoms with E-state index in [-0.39, 0.29) is 18.5 Å². The van der Waals surface area contributed by atoms with Crippen molar-refractivity contribution in [3.05, 3.63) is 41.4 Å². The first kappa shape index (κ1) is 16.2. The maximum Gasteiger partial charge on any atom is 0.323 e. The molecule has 0 aliphatic carbocycles. The third-order valence-electron chi connectivity index (χ3n) is 3.43. The molecule has 1 unspecified atom stereocenters. The van der Waals surface area contributed by atoms with Gasteiger partial charge in [-0.05, 0) is 13.3 Å². The summed E-state index contributed by atoms with van der Waals surface area (Å²) in [6.07, 6.45) is 0.689. The molecule has 0 radical (unpaired) electrons. The van der Waals surface area contributed by atoms with E-state index in [2.05, 4.69) is 4.98 Å². The molecule has 5 nitrogen and oxygen atoms in total. The van der Waals surface area contributed by atoms with E-state index < -0.39 is 5.97 Å². The van der Waals surface area contributed by atoms with E-state index in [1.807, 2.05) is 44.2 Å². The second-order valence-electron chi connectivity index (χ2n) is 4.99. The molecule has 1 N–H and O–H groups in total. The van der Waals surface area contributed by atoms with E-state index in [4.69, 9.17) is 5.11 Å². The highest BCUT2D eigenvalue weighted by Gasteiger charge is 2.24. The monoisotopic (exact) mass is 318 g/mol. The molecule has 0 saturated carbocycles. The summed E-state index contributed by atoms with van der Waals surface area (Å²) < 4.78 is 0. The molecule has 22 heavy (non-hydrogen) atoms. The Morgan fingerprint density at radius 2 is 2.00 bits per heavy atom. The summed E-state index contributed by atoms with van der Waals surface area (Å²) >= 11 is 1.38.